The number of nitro benzene ring substituents is 1. The van der Waals surface area contributed by atoms with Crippen molar-refractivity contribution in [2.75, 3.05) is 18.8 Å². The van der Waals surface area contributed by atoms with Crippen LogP contribution in [0.2, 0.25) is 0 Å². The number of likely N-dealkylation sites (tertiary alicyclic amines) is 1. The summed E-state index contributed by atoms with van der Waals surface area (Å²) in [6.07, 6.45) is 4.39. The predicted octanol–water partition coefficient (Wildman–Crippen LogP) is 2.83. The van der Waals surface area contributed by atoms with Gasteiger partial charge in [-0.05, 0) is 30.9 Å². The van der Waals surface area contributed by atoms with Gasteiger partial charge in [-0.1, -0.05) is 19.8 Å². The lowest BCUT2D eigenvalue weighted by Crippen LogP contribution is -2.38. The van der Waals surface area contributed by atoms with Gasteiger partial charge in [0.15, 0.2) is 0 Å². The number of amides is 1. The summed E-state index contributed by atoms with van der Waals surface area (Å²) in [5.74, 6) is 0.549. The van der Waals surface area contributed by atoms with E-state index in [-0.39, 0.29) is 17.3 Å². The lowest BCUT2D eigenvalue weighted by molar-refractivity contribution is -0.383. The molecule has 1 saturated heterocycles. The monoisotopic (exact) mass is 291 g/mol. The van der Waals surface area contributed by atoms with Crippen molar-refractivity contribution < 1.29 is 9.72 Å². The molecule has 0 saturated carbocycles. The van der Waals surface area contributed by atoms with Crippen LogP contribution in [0.3, 0.4) is 0 Å². The van der Waals surface area contributed by atoms with E-state index < -0.39 is 4.92 Å². The Bertz CT molecular complexity index is 537. The van der Waals surface area contributed by atoms with E-state index in [2.05, 4.69) is 6.92 Å². The minimum absolute atomic E-state index is 0.0817. The fourth-order valence-corrected chi connectivity index (χ4v) is 2.85. The summed E-state index contributed by atoms with van der Waals surface area (Å²) in [4.78, 5) is 24.5. The van der Waals surface area contributed by atoms with Crippen molar-refractivity contribution >= 4 is 17.3 Å². The van der Waals surface area contributed by atoms with Gasteiger partial charge in [0, 0.05) is 24.7 Å². The SMILES string of the molecule is CCCC1CCN(C(=O)c2ccc(N)c([N+](=O)[O-])c2)CC1. The number of carbonyl (C=O) groups is 1. The smallest absolute Gasteiger partial charge is 0.292 e. The Kier molecular flexibility index (Phi) is 4.77. The summed E-state index contributed by atoms with van der Waals surface area (Å²) in [5, 5.41) is 10.9. The maximum absolute atomic E-state index is 12.4. The first-order valence-corrected chi connectivity index (χ1v) is 7.36. The Morgan fingerprint density at radius 3 is 2.67 bits per heavy atom. The Balaban J connectivity index is 2.07. The van der Waals surface area contributed by atoms with Crippen LogP contribution in [0.25, 0.3) is 0 Å². The van der Waals surface area contributed by atoms with Crippen molar-refractivity contribution in [2.45, 2.75) is 32.6 Å². The average Bonchev–Trinajstić information content (AvgIpc) is 2.48. The summed E-state index contributed by atoms with van der Waals surface area (Å²) >= 11 is 0. The Morgan fingerprint density at radius 1 is 1.43 bits per heavy atom. The molecule has 0 radical (unpaired) electrons. The van der Waals surface area contributed by atoms with Crippen LogP contribution in [0.15, 0.2) is 18.2 Å². The normalized spacial score (nSPS) is 16.0. The zero-order valence-corrected chi connectivity index (χ0v) is 12.2. The van der Waals surface area contributed by atoms with Gasteiger partial charge in [0.2, 0.25) is 0 Å². The lowest BCUT2D eigenvalue weighted by Gasteiger charge is -2.32. The van der Waals surface area contributed by atoms with Crippen molar-refractivity contribution in [2.24, 2.45) is 5.92 Å². The number of anilines is 1. The molecule has 2 N–H and O–H groups in total. The zero-order valence-electron chi connectivity index (χ0n) is 12.2. The van der Waals surface area contributed by atoms with Crippen molar-refractivity contribution in [3.63, 3.8) is 0 Å². The number of nitrogen functional groups attached to an aromatic ring is 1. The van der Waals surface area contributed by atoms with Crippen LogP contribution in [-0.4, -0.2) is 28.8 Å². The molecular formula is C15H21N3O3. The molecule has 1 aromatic rings. The Labute approximate surface area is 124 Å². The number of rotatable bonds is 4. The van der Waals surface area contributed by atoms with E-state index in [4.69, 9.17) is 5.73 Å². The van der Waals surface area contributed by atoms with Gasteiger partial charge in [0.25, 0.3) is 11.6 Å². The third-order valence-corrected chi connectivity index (χ3v) is 4.07. The first kappa shape index (κ1) is 15.3. The lowest BCUT2D eigenvalue weighted by atomic mass is 9.92. The van der Waals surface area contributed by atoms with Crippen LogP contribution in [0, 0.1) is 16.0 Å². The topological polar surface area (TPSA) is 89.5 Å². The molecule has 0 spiro atoms. The number of piperidine rings is 1. The fraction of sp³-hybridized carbons (Fsp3) is 0.533. The van der Waals surface area contributed by atoms with Gasteiger partial charge < -0.3 is 10.6 Å². The second kappa shape index (κ2) is 6.56. The summed E-state index contributed by atoms with van der Waals surface area (Å²) in [6, 6.07) is 4.26. The Hall–Kier alpha value is -2.11. The number of carbonyl (C=O) groups excluding carboxylic acids is 1. The molecule has 0 aromatic heterocycles. The van der Waals surface area contributed by atoms with E-state index in [0.29, 0.717) is 11.5 Å². The number of hydrogen-bond donors (Lipinski definition) is 1. The first-order chi connectivity index (χ1) is 10.0. The fourth-order valence-electron chi connectivity index (χ4n) is 2.85. The van der Waals surface area contributed by atoms with Gasteiger partial charge in [0.1, 0.15) is 5.69 Å². The molecule has 6 nitrogen and oxygen atoms in total. The molecule has 6 heteroatoms. The van der Waals surface area contributed by atoms with Gasteiger partial charge >= 0.3 is 0 Å². The molecule has 0 aliphatic carbocycles. The molecule has 21 heavy (non-hydrogen) atoms. The zero-order chi connectivity index (χ0) is 15.4. The van der Waals surface area contributed by atoms with Gasteiger partial charge in [0.05, 0.1) is 4.92 Å². The highest BCUT2D eigenvalue weighted by atomic mass is 16.6. The predicted molar refractivity (Wildman–Crippen MR) is 81.0 cm³/mol. The maximum Gasteiger partial charge on any atom is 0.292 e. The Morgan fingerprint density at radius 2 is 2.10 bits per heavy atom. The van der Waals surface area contributed by atoms with Gasteiger partial charge in [-0.3, -0.25) is 14.9 Å². The van der Waals surface area contributed by atoms with Crippen LogP contribution in [0.4, 0.5) is 11.4 Å². The number of benzene rings is 1. The highest BCUT2D eigenvalue weighted by molar-refractivity contribution is 5.95. The molecule has 114 valence electrons. The van der Waals surface area contributed by atoms with E-state index in [1.165, 1.54) is 25.0 Å². The van der Waals surface area contributed by atoms with E-state index in [1.54, 1.807) is 11.0 Å². The number of nitrogens with two attached hydrogens (primary N) is 1. The van der Waals surface area contributed by atoms with Gasteiger partial charge in [-0.2, -0.15) is 0 Å². The molecule has 2 rings (SSSR count). The molecular weight excluding hydrogens is 270 g/mol. The minimum atomic E-state index is -0.556. The van der Waals surface area contributed by atoms with Crippen molar-refractivity contribution in [3.8, 4) is 0 Å². The quantitative estimate of drug-likeness (QED) is 0.524. The number of nitrogens with zero attached hydrogens (tertiary/aromatic N) is 2. The molecule has 1 aliphatic rings. The highest BCUT2D eigenvalue weighted by Crippen LogP contribution is 2.26. The van der Waals surface area contributed by atoms with E-state index in [9.17, 15) is 14.9 Å². The molecule has 0 bridgehead atoms. The minimum Gasteiger partial charge on any atom is -0.393 e. The summed E-state index contributed by atoms with van der Waals surface area (Å²) in [6.45, 7) is 3.62. The van der Waals surface area contributed by atoms with Crippen LogP contribution in [-0.2, 0) is 0 Å². The molecule has 1 aromatic carbocycles. The van der Waals surface area contributed by atoms with E-state index in [1.807, 2.05) is 0 Å². The third kappa shape index (κ3) is 3.51. The van der Waals surface area contributed by atoms with Crippen LogP contribution in [0.1, 0.15) is 43.0 Å². The summed E-state index contributed by atoms with van der Waals surface area (Å²) in [7, 11) is 0. The van der Waals surface area contributed by atoms with Crippen molar-refractivity contribution in [1.29, 1.82) is 0 Å². The second-order valence-corrected chi connectivity index (χ2v) is 5.55. The largest absolute Gasteiger partial charge is 0.393 e. The van der Waals surface area contributed by atoms with Gasteiger partial charge in [-0.15, -0.1) is 0 Å². The van der Waals surface area contributed by atoms with E-state index >= 15 is 0 Å². The van der Waals surface area contributed by atoms with Crippen molar-refractivity contribution in [1.82, 2.24) is 4.90 Å². The van der Waals surface area contributed by atoms with Crippen LogP contribution >= 0.6 is 0 Å². The van der Waals surface area contributed by atoms with Crippen LogP contribution in [0.5, 0.6) is 0 Å². The molecule has 0 unspecified atom stereocenters. The summed E-state index contributed by atoms with van der Waals surface area (Å²) in [5.41, 5.74) is 5.77. The molecule has 1 amide bonds. The number of nitro groups is 1. The van der Waals surface area contributed by atoms with E-state index in [0.717, 1.165) is 25.9 Å². The summed E-state index contributed by atoms with van der Waals surface area (Å²) < 4.78 is 0. The van der Waals surface area contributed by atoms with Crippen molar-refractivity contribution in [3.05, 3.63) is 33.9 Å². The second-order valence-electron chi connectivity index (χ2n) is 5.55. The number of hydrogen-bond acceptors (Lipinski definition) is 4. The average molecular weight is 291 g/mol. The third-order valence-electron chi connectivity index (χ3n) is 4.07. The highest BCUT2D eigenvalue weighted by Gasteiger charge is 2.24. The standard InChI is InChI=1S/C15H21N3O3/c1-2-3-11-6-8-17(9-7-11)15(19)12-4-5-13(16)14(10-12)18(20)21/h4-5,10-11H,2-3,6-9,16H2,1H3. The van der Waals surface area contributed by atoms with Crippen LogP contribution < -0.4 is 5.73 Å². The maximum atomic E-state index is 12.4. The molecule has 1 aliphatic heterocycles. The molecule has 1 heterocycles. The molecule has 1 fully saturated rings. The first-order valence-electron chi connectivity index (χ1n) is 7.36. The van der Waals surface area contributed by atoms with Gasteiger partial charge in [-0.25, -0.2) is 0 Å². The molecule has 0 atom stereocenters.